The summed E-state index contributed by atoms with van der Waals surface area (Å²) in [7, 11) is 0. The van der Waals surface area contributed by atoms with E-state index in [1.807, 2.05) is 5.32 Å². The van der Waals surface area contributed by atoms with Crippen LogP contribution in [0, 0.1) is 0 Å². The van der Waals surface area contributed by atoms with Gasteiger partial charge in [-0.05, 0) is 13.3 Å². The van der Waals surface area contributed by atoms with Gasteiger partial charge in [-0.15, -0.1) is 0 Å². The number of hydrogen-bond donors (Lipinski definition) is 3. The lowest BCUT2D eigenvalue weighted by molar-refractivity contribution is -0.201. The minimum absolute atomic E-state index is 0.0213. The maximum absolute atomic E-state index is 13.0. The van der Waals surface area contributed by atoms with E-state index in [9.17, 15) is 26.7 Å². The van der Waals surface area contributed by atoms with E-state index >= 15 is 0 Å². The Morgan fingerprint density at radius 2 is 2.22 bits per heavy atom. The predicted octanol–water partition coefficient (Wildman–Crippen LogP) is 1.55. The minimum atomic E-state index is -4.86. The van der Waals surface area contributed by atoms with Gasteiger partial charge in [-0.25, -0.2) is 13.5 Å². The second-order valence-electron chi connectivity index (χ2n) is 5.30. The topological polar surface area (TPSA) is 79.2 Å². The first-order chi connectivity index (χ1) is 10.6. The number of hydrogen-bond acceptors (Lipinski definition) is 4. The Hall–Kier alpha value is -1.91. The van der Waals surface area contributed by atoms with Gasteiger partial charge in [-0.2, -0.15) is 18.3 Å². The molecule has 0 unspecified atom stereocenters. The summed E-state index contributed by atoms with van der Waals surface area (Å²) in [5.74, 6) is -0.919. The predicted molar refractivity (Wildman–Crippen MR) is 69.4 cm³/mol. The maximum Gasteiger partial charge on any atom is 0.416 e. The molecule has 0 bridgehead atoms. The molecular formula is C12H15F5N4O2. The summed E-state index contributed by atoms with van der Waals surface area (Å²) in [6, 6.07) is -1.57. The monoisotopic (exact) mass is 342 g/mol. The molecule has 1 aromatic heterocycles. The number of anilines is 1. The fourth-order valence-electron chi connectivity index (χ4n) is 2.29. The summed E-state index contributed by atoms with van der Waals surface area (Å²) in [6.07, 6.45) is -9.16. The number of nitrogens with one attached hydrogen (secondary N) is 2. The quantitative estimate of drug-likeness (QED) is 0.726. The van der Waals surface area contributed by atoms with Crippen LogP contribution in [0.3, 0.4) is 0 Å². The summed E-state index contributed by atoms with van der Waals surface area (Å²) in [5.41, 5.74) is -0.156. The number of amides is 1. The molecule has 1 aliphatic heterocycles. The molecule has 0 saturated carbocycles. The highest BCUT2D eigenvalue weighted by atomic mass is 19.4. The molecular weight excluding hydrogens is 327 g/mol. The third-order valence-electron chi connectivity index (χ3n) is 3.46. The van der Waals surface area contributed by atoms with Crippen molar-refractivity contribution in [3.63, 3.8) is 0 Å². The number of fused-ring (bicyclic) bond motifs is 1. The third-order valence-corrected chi connectivity index (χ3v) is 3.46. The van der Waals surface area contributed by atoms with Crippen LogP contribution in [0.4, 0.5) is 27.8 Å². The van der Waals surface area contributed by atoms with Crippen LogP contribution in [-0.4, -0.2) is 52.1 Å². The number of aromatic nitrogens is 2. The number of carbonyl (C=O) groups is 1. The van der Waals surface area contributed by atoms with Crippen LogP contribution in [0.1, 0.15) is 29.7 Å². The maximum atomic E-state index is 13.0. The van der Waals surface area contributed by atoms with Crippen molar-refractivity contribution in [1.82, 2.24) is 15.1 Å². The number of rotatable bonds is 4. The molecule has 3 N–H and O–H groups in total. The second-order valence-corrected chi connectivity index (χ2v) is 5.30. The molecule has 6 nitrogen and oxygen atoms in total. The van der Waals surface area contributed by atoms with Crippen LogP contribution in [0.25, 0.3) is 0 Å². The summed E-state index contributed by atoms with van der Waals surface area (Å²) in [4.78, 5) is 11.9. The first kappa shape index (κ1) is 17.4. The van der Waals surface area contributed by atoms with Gasteiger partial charge in [0.15, 0.2) is 6.10 Å². The first-order valence-corrected chi connectivity index (χ1v) is 6.76. The van der Waals surface area contributed by atoms with E-state index in [0.717, 1.165) is 10.9 Å². The van der Waals surface area contributed by atoms with Gasteiger partial charge in [0.1, 0.15) is 17.4 Å². The number of nitrogens with zero attached hydrogens (tertiary/aromatic N) is 2. The zero-order valence-corrected chi connectivity index (χ0v) is 11.9. The normalized spacial score (nSPS) is 22.4. The Kier molecular flexibility index (Phi) is 4.78. The van der Waals surface area contributed by atoms with Crippen molar-refractivity contribution in [1.29, 1.82) is 0 Å². The zero-order chi connectivity index (χ0) is 17.4. The number of aliphatic hydroxyl groups excluding tert-OH is 1. The number of carbonyl (C=O) groups excluding carboxylic acids is 1. The number of aliphatic hydroxyl groups is 1. The molecule has 0 aromatic carbocycles. The average molecular weight is 342 g/mol. The van der Waals surface area contributed by atoms with Gasteiger partial charge in [-0.3, -0.25) is 4.79 Å². The number of halogens is 5. The van der Waals surface area contributed by atoms with Crippen molar-refractivity contribution in [2.75, 3.05) is 11.9 Å². The Morgan fingerprint density at radius 3 is 2.78 bits per heavy atom. The van der Waals surface area contributed by atoms with Crippen LogP contribution < -0.4 is 10.6 Å². The molecule has 0 fully saturated rings. The highest BCUT2D eigenvalue weighted by molar-refractivity contribution is 5.98. The van der Waals surface area contributed by atoms with E-state index < -0.39 is 37.2 Å². The highest BCUT2D eigenvalue weighted by Gasteiger charge is 2.39. The van der Waals surface area contributed by atoms with Crippen molar-refractivity contribution in [2.24, 2.45) is 0 Å². The van der Waals surface area contributed by atoms with Crippen molar-refractivity contribution < 1.29 is 31.9 Å². The third kappa shape index (κ3) is 3.71. The molecule has 11 heteroatoms. The van der Waals surface area contributed by atoms with Gasteiger partial charge in [0, 0.05) is 6.04 Å². The fraction of sp³-hybridized carbons (Fsp3) is 0.667. The molecule has 1 aliphatic rings. The van der Waals surface area contributed by atoms with Crippen LogP contribution in [0.2, 0.25) is 0 Å². The van der Waals surface area contributed by atoms with Gasteiger partial charge < -0.3 is 15.7 Å². The lowest BCUT2D eigenvalue weighted by Crippen LogP contribution is -2.41. The van der Waals surface area contributed by atoms with Crippen LogP contribution >= 0.6 is 0 Å². The largest absolute Gasteiger partial charge is 0.416 e. The molecule has 0 saturated heterocycles. The molecule has 1 amide bonds. The molecule has 130 valence electrons. The van der Waals surface area contributed by atoms with E-state index in [4.69, 9.17) is 5.11 Å². The average Bonchev–Trinajstić information content (AvgIpc) is 2.85. The smallest absolute Gasteiger partial charge is 0.382 e. The van der Waals surface area contributed by atoms with Crippen molar-refractivity contribution >= 4 is 11.7 Å². The van der Waals surface area contributed by atoms with E-state index in [-0.39, 0.29) is 23.8 Å². The Bertz CT molecular complexity index is 574. The second kappa shape index (κ2) is 6.30. The van der Waals surface area contributed by atoms with Crippen molar-refractivity contribution in [3.05, 3.63) is 11.8 Å². The lowest BCUT2D eigenvalue weighted by Gasteiger charge is -2.30. The molecule has 2 heterocycles. The molecule has 2 rings (SSSR count). The van der Waals surface area contributed by atoms with Gasteiger partial charge >= 0.3 is 6.18 Å². The SMILES string of the molecule is C[C@H]1C[C@@H](C(F)F)n2ncc(C(=O)NC[C@@H](O)C(F)(F)F)c2N1. The zero-order valence-electron chi connectivity index (χ0n) is 11.9. The minimum Gasteiger partial charge on any atom is -0.382 e. The standard InChI is InChI=1S/C12H15F5N4O2/c1-5-2-7(9(13)14)21-10(20-5)6(3-19-21)11(23)18-4-8(22)12(15,16)17/h3,5,7-9,20,22H,2,4H2,1H3,(H,18,23)/t5-,7-,8+/m0/s1. The Labute approximate surface area is 127 Å². The highest BCUT2D eigenvalue weighted by Crippen LogP contribution is 2.33. The summed E-state index contributed by atoms with van der Waals surface area (Å²) in [5, 5.41) is 17.3. The Morgan fingerprint density at radius 1 is 1.57 bits per heavy atom. The van der Waals surface area contributed by atoms with Gasteiger partial charge in [-0.1, -0.05) is 0 Å². The van der Waals surface area contributed by atoms with E-state index in [1.165, 1.54) is 0 Å². The first-order valence-electron chi connectivity index (χ1n) is 6.76. The van der Waals surface area contributed by atoms with Gasteiger partial charge in [0.2, 0.25) is 0 Å². The molecule has 0 aliphatic carbocycles. The molecule has 1 aromatic rings. The fourth-order valence-corrected chi connectivity index (χ4v) is 2.29. The van der Waals surface area contributed by atoms with Gasteiger partial charge in [0.05, 0.1) is 12.7 Å². The summed E-state index contributed by atoms with van der Waals surface area (Å²) >= 11 is 0. The van der Waals surface area contributed by atoms with Gasteiger partial charge in [0.25, 0.3) is 12.3 Å². The molecule has 23 heavy (non-hydrogen) atoms. The Balaban J connectivity index is 2.14. The number of alkyl halides is 5. The van der Waals surface area contributed by atoms with Crippen LogP contribution in [0.5, 0.6) is 0 Å². The molecule has 0 radical (unpaired) electrons. The van der Waals surface area contributed by atoms with E-state index in [2.05, 4.69) is 10.4 Å². The van der Waals surface area contributed by atoms with E-state index in [1.54, 1.807) is 6.92 Å². The van der Waals surface area contributed by atoms with E-state index in [0.29, 0.717) is 0 Å². The summed E-state index contributed by atoms with van der Waals surface area (Å²) < 4.78 is 63.6. The van der Waals surface area contributed by atoms with Crippen molar-refractivity contribution in [2.45, 2.75) is 44.1 Å². The molecule has 3 atom stereocenters. The molecule has 0 spiro atoms. The van der Waals surface area contributed by atoms with Crippen LogP contribution in [0.15, 0.2) is 6.20 Å². The summed E-state index contributed by atoms with van der Waals surface area (Å²) in [6.45, 7) is 0.599. The van der Waals surface area contributed by atoms with Crippen LogP contribution in [-0.2, 0) is 0 Å². The lowest BCUT2D eigenvalue weighted by atomic mass is 10.1. The van der Waals surface area contributed by atoms with Crippen molar-refractivity contribution in [3.8, 4) is 0 Å².